The van der Waals surface area contributed by atoms with E-state index in [0.29, 0.717) is 77.4 Å². The Labute approximate surface area is 420 Å². The van der Waals surface area contributed by atoms with Gasteiger partial charge in [-0.1, -0.05) is 194 Å². The highest BCUT2D eigenvalue weighted by molar-refractivity contribution is 6.00. The molecule has 0 atom stereocenters. The van der Waals surface area contributed by atoms with Crippen molar-refractivity contribution in [3.05, 3.63) is 254 Å². The zero-order valence-electron chi connectivity index (χ0n) is 39.2. The molecule has 0 amide bonds. The second-order valence-electron chi connectivity index (χ2n) is 18.3. The molecule has 0 aliphatic heterocycles. The molecule has 0 N–H and O–H groups in total. The fraction of sp³-hybridized carbons (Fsp3) is 0.0312. The van der Waals surface area contributed by atoms with Crippen LogP contribution in [0.3, 0.4) is 0 Å². The maximum absolute atomic E-state index is 17.9. The van der Waals surface area contributed by atoms with E-state index in [-0.39, 0.29) is 16.9 Å². The van der Waals surface area contributed by atoms with Gasteiger partial charge in [0.2, 0.25) is 0 Å². The number of halogens is 6. The van der Waals surface area contributed by atoms with E-state index in [9.17, 15) is 0 Å². The summed E-state index contributed by atoms with van der Waals surface area (Å²) >= 11 is 0. The molecule has 0 fully saturated rings. The van der Waals surface area contributed by atoms with Crippen LogP contribution in [-0.2, 0) is 12.4 Å². The summed E-state index contributed by atoms with van der Waals surface area (Å²) in [5.74, 6) is 0. The van der Waals surface area contributed by atoms with Gasteiger partial charge < -0.3 is 18.3 Å². The van der Waals surface area contributed by atoms with E-state index in [1.54, 1.807) is 147 Å². The van der Waals surface area contributed by atoms with Crippen molar-refractivity contribution in [1.29, 1.82) is 0 Å². The summed E-state index contributed by atoms with van der Waals surface area (Å²) in [5, 5.41) is 2.23. The molecule has 9 aromatic carbocycles. The molecule has 358 valence electrons. The van der Waals surface area contributed by atoms with Gasteiger partial charge in [-0.05, 0) is 70.8 Å². The van der Waals surface area contributed by atoms with Crippen molar-refractivity contribution in [2.75, 3.05) is 0 Å². The lowest BCUT2D eigenvalue weighted by Gasteiger charge is -2.33. The van der Waals surface area contributed by atoms with Gasteiger partial charge in [-0.3, -0.25) is 0 Å². The average Bonchev–Trinajstić information content (AvgIpc) is 4.23. The number of rotatable bonds is 8. The zero-order chi connectivity index (χ0) is 50.3. The number of hydrogen-bond donors (Lipinski definition) is 0. The van der Waals surface area contributed by atoms with Crippen LogP contribution in [0, 0.1) is 0 Å². The van der Waals surface area contributed by atoms with Gasteiger partial charge in [0.1, 0.15) is 11.1 Å². The van der Waals surface area contributed by atoms with Crippen molar-refractivity contribution >= 4 is 43.6 Å². The molecule has 0 saturated heterocycles. The predicted octanol–water partition coefficient (Wildman–Crippen LogP) is 18.2. The standard InChI is InChI=1S/C64H40F6N4/c65-63(66,67)57-59(71-49-33-17-13-29-45(49)37-53(71)41-21-5-1-6-22-41)58(64(68,69)70)61(73-51-35-19-15-31-47(51)39-55(73)43-25-9-3-10-26-43)62(74-52-36-20-16-32-48(52)40-56(74)44-27-11-4-12-28-44)60(57)72-50-34-18-14-30-46(50)38-54(72)42-23-7-2-8-24-42/h1-40H. The Balaban J connectivity index is 1.41. The van der Waals surface area contributed by atoms with Crippen molar-refractivity contribution in [2.24, 2.45) is 0 Å². The number of para-hydroxylation sites is 4. The first-order valence-electron chi connectivity index (χ1n) is 24.1. The molecule has 4 aromatic heterocycles. The number of fused-ring (bicyclic) bond motifs is 4. The van der Waals surface area contributed by atoms with Crippen molar-refractivity contribution in [3.63, 3.8) is 0 Å². The lowest BCUT2D eigenvalue weighted by atomic mass is 9.95. The monoisotopic (exact) mass is 978 g/mol. The Bertz CT molecular complexity index is 4100. The molecule has 0 bridgehead atoms. The minimum absolute atomic E-state index is 0.144. The van der Waals surface area contributed by atoms with Gasteiger partial charge in [0.15, 0.2) is 0 Å². The fourth-order valence-electron chi connectivity index (χ4n) is 11.0. The van der Waals surface area contributed by atoms with E-state index in [1.165, 1.54) is 4.57 Å². The molecular formula is C64H40F6N4. The quantitative estimate of drug-likeness (QED) is 0.135. The van der Waals surface area contributed by atoms with Crippen LogP contribution in [-0.4, -0.2) is 18.3 Å². The van der Waals surface area contributed by atoms with Gasteiger partial charge in [0.05, 0.1) is 67.6 Å². The number of hydrogen-bond acceptors (Lipinski definition) is 0. The largest absolute Gasteiger partial charge is 0.420 e. The molecule has 13 rings (SSSR count). The molecule has 4 nitrogen and oxygen atoms in total. The molecule has 0 aliphatic carbocycles. The summed E-state index contributed by atoms with van der Waals surface area (Å²) in [6.07, 6.45) is -10.9. The topological polar surface area (TPSA) is 19.7 Å². The molecular weight excluding hydrogens is 939 g/mol. The van der Waals surface area contributed by atoms with Crippen LogP contribution >= 0.6 is 0 Å². The van der Waals surface area contributed by atoms with E-state index >= 15 is 26.3 Å². The SMILES string of the molecule is FC(F)(F)c1c(-n2c(-c3ccccc3)cc3ccccc32)c(-n2c(-c3ccccc3)cc3ccccc32)c(-n2c(-c3ccccc3)cc3ccccc32)c(C(F)(F)F)c1-n1c(-c2ccccc2)cc2ccccc21. The third-order valence-corrected chi connectivity index (χ3v) is 14.0. The molecule has 13 aromatic rings. The van der Waals surface area contributed by atoms with Gasteiger partial charge in [-0.2, -0.15) is 26.3 Å². The number of aromatic nitrogens is 4. The minimum Gasteiger partial charge on any atom is -0.308 e. The van der Waals surface area contributed by atoms with Crippen LogP contribution in [0.25, 0.3) is 111 Å². The van der Waals surface area contributed by atoms with Gasteiger partial charge >= 0.3 is 12.4 Å². The first-order chi connectivity index (χ1) is 36.0. The Kier molecular flexibility index (Phi) is 10.4. The number of nitrogens with zero attached hydrogens (tertiary/aromatic N) is 4. The Morgan fingerprint density at radius 3 is 0.703 bits per heavy atom. The highest BCUT2D eigenvalue weighted by atomic mass is 19.4. The van der Waals surface area contributed by atoms with Crippen molar-refractivity contribution in [2.45, 2.75) is 12.4 Å². The first kappa shape index (κ1) is 44.6. The van der Waals surface area contributed by atoms with Crippen LogP contribution in [0.1, 0.15) is 11.1 Å². The molecule has 0 saturated carbocycles. The van der Waals surface area contributed by atoms with Crippen molar-refractivity contribution in [1.82, 2.24) is 18.3 Å². The summed E-state index contributed by atoms with van der Waals surface area (Å²) < 4.78 is 114. The highest BCUT2D eigenvalue weighted by Crippen LogP contribution is 2.56. The third-order valence-electron chi connectivity index (χ3n) is 14.0. The smallest absolute Gasteiger partial charge is 0.308 e. The van der Waals surface area contributed by atoms with Gasteiger partial charge in [0.25, 0.3) is 0 Å². The number of alkyl halides is 6. The van der Waals surface area contributed by atoms with Crippen molar-refractivity contribution < 1.29 is 26.3 Å². The zero-order valence-corrected chi connectivity index (χ0v) is 39.2. The Hall–Kier alpha value is -9.28. The molecule has 0 radical (unpaired) electrons. The second kappa shape index (κ2) is 17.2. The minimum atomic E-state index is -5.46. The van der Waals surface area contributed by atoms with Crippen LogP contribution < -0.4 is 0 Å². The van der Waals surface area contributed by atoms with Gasteiger partial charge in [-0.25, -0.2) is 0 Å². The molecule has 0 unspecified atom stereocenters. The van der Waals surface area contributed by atoms with Gasteiger partial charge in [0, 0.05) is 21.5 Å². The van der Waals surface area contributed by atoms with Crippen LogP contribution in [0.5, 0.6) is 0 Å². The van der Waals surface area contributed by atoms with Crippen molar-refractivity contribution in [3.8, 4) is 67.8 Å². The maximum atomic E-state index is 17.9. The molecule has 74 heavy (non-hydrogen) atoms. The molecule has 0 aliphatic rings. The molecule has 10 heteroatoms. The summed E-state index contributed by atoms with van der Waals surface area (Å²) in [6.45, 7) is 0. The number of benzene rings is 9. The summed E-state index contributed by atoms with van der Waals surface area (Å²) in [6, 6.07) is 71.0. The molecule has 4 heterocycles. The predicted molar refractivity (Wildman–Crippen MR) is 286 cm³/mol. The highest BCUT2D eigenvalue weighted by Gasteiger charge is 2.50. The lowest BCUT2D eigenvalue weighted by molar-refractivity contribution is -0.142. The summed E-state index contributed by atoms with van der Waals surface area (Å²) in [5.41, 5.74) is -0.753. The van der Waals surface area contributed by atoms with E-state index in [0.717, 1.165) is 0 Å². The second-order valence-corrected chi connectivity index (χ2v) is 18.3. The van der Waals surface area contributed by atoms with Gasteiger partial charge in [-0.15, -0.1) is 0 Å². The maximum Gasteiger partial charge on any atom is 0.420 e. The van der Waals surface area contributed by atoms with E-state index in [2.05, 4.69) is 0 Å². The normalized spacial score (nSPS) is 12.2. The Morgan fingerprint density at radius 2 is 0.446 bits per heavy atom. The van der Waals surface area contributed by atoms with E-state index in [4.69, 9.17) is 0 Å². The lowest BCUT2D eigenvalue weighted by Crippen LogP contribution is -2.27. The van der Waals surface area contributed by atoms with Crippen LogP contribution in [0.2, 0.25) is 0 Å². The average molecular weight is 979 g/mol. The fourth-order valence-corrected chi connectivity index (χ4v) is 11.0. The van der Waals surface area contributed by atoms with E-state index in [1.807, 2.05) is 109 Å². The van der Waals surface area contributed by atoms with Crippen LogP contribution in [0.15, 0.2) is 243 Å². The van der Waals surface area contributed by atoms with Crippen LogP contribution in [0.4, 0.5) is 26.3 Å². The summed E-state index contributed by atoms with van der Waals surface area (Å²) in [7, 11) is 0. The third kappa shape index (κ3) is 7.16. The van der Waals surface area contributed by atoms with E-state index < -0.39 is 40.5 Å². The Morgan fingerprint density at radius 1 is 0.230 bits per heavy atom. The summed E-state index contributed by atoms with van der Waals surface area (Å²) in [4.78, 5) is 0. The molecule has 0 spiro atoms. The first-order valence-corrected chi connectivity index (χ1v) is 24.1.